The molecule has 132 valence electrons. The van der Waals surface area contributed by atoms with Gasteiger partial charge in [0.1, 0.15) is 5.82 Å². The zero-order chi connectivity index (χ0) is 18.4. The number of nitrogens with one attached hydrogen (secondary N) is 2. The topological polar surface area (TPSA) is 58.2 Å². The van der Waals surface area contributed by atoms with E-state index < -0.39 is 29.4 Å². The molecule has 8 heteroatoms. The van der Waals surface area contributed by atoms with Crippen molar-refractivity contribution in [2.75, 3.05) is 6.54 Å². The highest BCUT2D eigenvalue weighted by Gasteiger charge is 2.30. The molecule has 0 bridgehead atoms. The molecule has 0 atom stereocenters. The van der Waals surface area contributed by atoms with Gasteiger partial charge in [-0.05, 0) is 30.3 Å². The van der Waals surface area contributed by atoms with Gasteiger partial charge in [-0.15, -0.1) is 0 Å². The summed E-state index contributed by atoms with van der Waals surface area (Å²) in [6.07, 6.45) is -4.48. The van der Waals surface area contributed by atoms with Gasteiger partial charge in [0.2, 0.25) is 5.91 Å². The van der Waals surface area contributed by atoms with E-state index in [9.17, 15) is 27.2 Å². The van der Waals surface area contributed by atoms with E-state index in [1.54, 1.807) is 6.07 Å². The maximum atomic E-state index is 13.4. The van der Waals surface area contributed by atoms with E-state index in [0.717, 1.165) is 24.3 Å². The van der Waals surface area contributed by atoms with Crippen molar-refractivity contribution >= 4 is 11.8 Å². The van der Waals surface area contributed by atoms with Crippen molar-refractivity contribution in [1.82, 2.24) is 10.6 Å². The minimum atomic E-state index is -4.48. The average molecular weight is 354 g/mol. The van der Waals surface area contributed by atoms with Gasteiger partial charge in [-0.2, -0.15) is 13.2 Å². The summed E-state index contributed by atoms with van der Waals surface area (Å²) in [5, 5.41) is 4.72. The normalized spacial score (nSPS) is 11.0. The van der Waals surface area contributed by atoms with Crippen molar-refractivity contribution in [2.24, 2.45) is 0 Å². The SMILES string of the molecule is O=C(CNC(=O)c1ccc(C(F)(F)F)cc1)NCc1ccccc1F. The summed E-state index contributed by atoms with van der Waals surface area (Å²) in [5.41, 5.74) is -0.577. The molecule has 0 aromatic heterocycles. The van der Waals surface area contributed by atoms with Gasteiger partial charge in [0.15, 0.2) is 0 Å². The van der Waals surface area contributed by atoms with Gasteiger partial charge in [0, 0.05) is 17.7 Å². The van der Waals surface area contributed by atoms with E-state index >= 15 is 0 Å². The van der Waals surface area contributed by atoms with Crippen LogP contribution in [0.1, 0.15) is 21.5 Å². The minimum Gasteiger partial charge on any atom is -0.350 e. The molecule has 0 saturated heterocycles. The Morgan fingerprint density at radius 2 is 1.56 bits per heavy atom. The molecule has 0 saturated carbocycles. The Morgan fingerprint density at radius 3 is 2.16 bits per heavy atom. The third-order valence-corrected chi connectivity index (χ3v) is 3.32. The zero-order valence-electron chi connectivity index (χ0n) is 12.9. The van der Waals surface area contributed by atoms with Crippen LogP contribution in [0.25, 0.3) is 0 Å². The highest BCUT2D eigenvalue weighted by molar-refractivity contribution is 5.96. The lowest BCUT2D eigenvalue weighted by atomic mass is 10.1. The lowest BCUT2D eigenvalue weighted by molar-refractivity contribution is -0.137. The Labute approximate surface area is 140 Å². The maximum Gasteiger partial charge on any atom is 0.416 e. The monoisotopic (exact) mass is 354 g/mol. The minimum absolute atomic E-state index is 0.00472. The van der Waals surface area contributed by atoms with E-state index in [4.69, 9.17) is 0 Å². The van der Waals surface area contributed by atoms with Crippen LogP contribution < -0.4 is 10.6 Å². The fraction of sp³-hybridized carbons (Fsp3) is 0.176. The zero-order valence-corrected chi connectivity index (χ0v) is 12.9. The van der Waals surface area contributed by atoms with Crippen molar-refractivity contribution in [3.05, 3.63) is 71.0 Å². The lowest BCUT2D eigenvalue weighted by Crippen LogP contribution is -2.36. The molecule has 2 amide bonds. The van der Waals surface area contributed by atoms with Gasteiger partial charge in [0.05, 0.1) is 12.1 Å². The van der Waals surface area contributed by atoms with Crippen molar-refractivity contribution in [1.29, 1.82) is 0 Å². The number of benzene rings is 2. The summed E-state index contributed by atoms with van der Waals surface area (Å²) in [6, 6.07) is 9.53. The summed E-state index contributed by atoms with van der Waals surface area (Å²) in [7, 11) is 0. The maximum absolute atomic E-state index is 13.4. The smallest absolute Gasteiger partial charge is 0.350 e. The molecule has 0 heterocycles. The Kier molecular flexibility index (Phi) is 5.74. The van der Waals surface area contributed by atoms with Gasteiger partial charge in [-0.3, -0.25) is 9.59 Å². The van der Waals surface area contributed by atoms with Crippen LogP contribution in [0.15, 0.2) is 48.5 Å². The average Bonchev–Trinajstić information content (AvgIpc) is 2.58. The van der Waals surface area contributed by atoms with E-state index in [2.05, 4.69) is 10.6 Å². The summed E-state index contributed by atoms with van der Waals surface area (Å²) >= 11 is 0. The van der Waals surface area contributed by atoms with Crippen molar-refractivity contribution in [2.45, 2.75) is 12.7 Å². The number of amides is 2. The molecule has 2 N–H and O–H groups in total. The molecule has 0 aliphatic carbocycles. The first kappa shape index (κ1) is 18.4. The first-order chi connectivity index (χ1) is 11.8. The fourth-order valence-corrected chi connectivity index (χ4v) is 1.97. The van der Waals surface area contributed by atoms with E-state index in [0.29, 0.717) is 5.56 Å². The molecule has 0 unspecified atom stereocenters. The van der Waals surface area contributed by atoms with Crippen LogP contribution in [0.5, 0.6) is 0 Å². The summed E-state index contributed by atoms with van der Waals surface area (Å²) < 4.78 is 50.7. The summed E-state index contributed by atoms with van der Waals surface area (Å²) in [4.78, 5) is 23.5. The first-order valence-corrected chi connectivity index (χ1v) is 7.23. The van der Waals surface area contributed by atoms with Gasteiger partial charge in [-0.25, -0.2) is 4.39 Å². The number of carbonyl (C=O) groups is 2. The number of hydrogen-bond acceptors (Lipinski definition) is 2. The number of rotatable bonds is 5. The molecular formula is C17H14F4N2O2. The van der Waals surface area contributed by atoms with E-state index in [1.165, 1.54) is 18.2 Å². The Morgan fingerprint density at radius 1 is 0.920 bits per heavy atom. The van der Waals surface area contributed by atoms with Crippen LogP contribution >= 0.6 is 0 Å². The molecule has 0 spiro atoms. The van der Waals surface area contributed by atoms with Crippen LogP contribution in [0, 0.1) is 5.82 Å². The van der Waals surface area contributed by atoms with Crippen molar-refractivity contribution in [3.8, 4) is 0 Å². The van der Waals surface area contributed by atoms with E-state index in [-0.39, 0.29) is 18.7 Å². The van der Waals surface area contributed by atoms with Crippen LogP contribution in [0.3, 0.4) is 0 Å². The van der Waals surface area contributed by atoms with Crippen LogP contribution in [0.4, 0.5) is 17.6 Å². The van der Waals surface area contributed by atoms with E-state index in [1.807, 2.05) is 0 Å². The van der Waals surface area contributed by atoms with Crippen LogP contribution in [-0.2, 0) is 17.5 Å². The lowest BCUT2D eigenvalue weighted by Gasteiger charge is -2.09. The first-order valence-electron chi connectivity index (χ1n) is 7.23. The number of halogens is 4. The molecule has 0 aliphatic rings. The second-order valence-electron chi connectivity index (χ2n) is 5.13. The molecule has 2 aromatic rings. The van der Waals surface area contributed by atoms with Gasteiger partial charge in [-0.1, -0.05) is 18.2 Å². The highest BCUT2D eigenvalue weighted by Crippen LogP contribution is 2.29. The Hall–Kier alpha value is -2.90. The van der Waals surface area contributed by atoms with Crippen LogP contribution in [0.2, 0.25) is 0 Å². The molecule has 0 fully saturated rings. The third kappa shape index (κ3) is 5.30. The fourth-order valence-electron chi connectivity index (χ4n) is 1.97. The quantitative estimate of drug-likeness (QED) is 0.812. The highest BCUT2D eigenvalue weighted by atomic mass is 19.4. The Bertz CT molecular complexity index is 758. The second kappa shape index (κ2) is 7.78. The van der Waals surface area contributed by atoms with Gasteiger partial charge >= 0.3 is 6.18 Å². The predicted octanol–water partition coefficient (Wildman–Crippen LogP) is 2.89. The number of carbonyl (C=O) groups excluding carboxylic acids is 2. The molecule has 2 rings (SSSR count). The second-order valence-corrected chi connectivity index (χ2v) is 5.13. The molecule has 0 aliphatic heterocycles. The molecular weight excluding hydrogens is 340 g/mol. The third-order valence-electron chi connectivity index (χ3n) is 3.32. The number of alkyl halides is 3. The van der Waals surface area contributed by atoms with Gasteiger partial charge < -0.3 is 10.6 Å². The molecule has 4 nitrogen and oxygen atoms in total. The summed E-state index contributed by atoms with van der Waals surface area (Å²) in [6.45, 7) is -0.421. The largest absolute Gasteiger partial charge is 0.416 e. The van der Waals surface area contributed by atoms with Crippen molar-refractivity contribution in [3.63, 3.8) is 0 Å². The molecule has 0 radical (unpaired) electrons. The predicted molar refractivity (Wildman–Crippen MR) is 82.0 cm³/mol. The van der Waals surface area contributed by atoms with Gasteiger partial charge in [0.25, 0.3) is 5.91 Å². The van der Waals surface area contributed by atoms with Crippen LogP contribution in [-0.4, -0.2) is 18.4 Å². The summed E-state index contributed by atoms with van der Waals surface area (Å²) in [5.74, 6) is -1.70. The Balaban J connectivity index is 1.83. The molecule has 2 aromatic carbocycles. The standard InChI is InChI=1S/C17H14F4N2O2/c18-14-4-2-1-3-12(14)9-22-15(24)10-23-16(25)11-5-7-13(8-6-11)17(19,20)21/h1-8H,9-10H2,(H,22,24)(H,23,25). The molecule has 25 heavy (non-hydrogen) atoms. The number of hydrogen-bond donors (Lipinski definition) is 2. The van der Waals surface area contributed by atoms with Crippen molar-refractivity contribution < 1.29 is 27.2 Å².